The summed E-state index contributed by atoms with van der Waals surface area (Å²) in [4.78, 5) is 0. The highest BCUT2D eigenvalue weighted by Gasteiger charge is 2.13. The minimum absolute atomic E-state index is 0.339. The molecular weight excluding hydrogens is 262 g/mol. The first-order chi connectivity index (χ1) is 10.3. The van der Waals surface area contributed by atoms with E-state index in [1.165, 1.54) is 16.8 Å². The number of nitrogens with one attached hydrogen (secondary N) is 2. The smallest absolute Gasteiger partial charge is 0.123 e. The quantitative estimate of drug-likeness (QED) is 0.732. The number of rotatable bonds is 8. The third kappa shape index (κ3) is 4.08. The first kappa shape index (κ1) is 15.6. The zero-order chi connectivity index (χ0) is 15.1. The normalized spacial score (nSPS) is 12.3. The molecule has 0 fully saturated rings. The number of aryl methyl sites for hydroxylation is 2. The van der Waals surface area contributed by atoms with Crippen LogP contribution >= 0.6 is 0 Å². The molecule has 1 aromatic heterocycles. The Bertz CT molecular complexity index is 550. The Balaban J connectivity index is 1.86. The predicted octanol–water partition coefficient (Wildman–Crippen LogP) is 3.40. The Kier molecular flexibility index (Phi) is 5.81. The molecule has 0 bridgehead atoms. The summed E-state index contributed by atoms with van der Waals surface area (Å²) in [6.07, 6.45) is 5.13. The molecule has 4 nitrogen and oxygen atoms in total. The van der Waals surface area contributed by atoms with Crippen LogP contribution in [-0.4, -0.2) is 23.9 Å². The van der Waals surface area contributed by atoms with Gasteiger partial charge in [-0.25, -0.2) is 0 Å². The van der Waals surface area contributed by atoms with E-state index in [0.717, 1.165) is 31.6 Å². The van der Waals surface area contributed by atoms with Gasteiger partial charge in [0, 0.05) is 17.3 Å². The number of H-pyrrole nitrogens is 1. The van der Waals surface area contributed by atoms with Gasteiger partial charge in [-0.2, -0.15) is 5.10 Å². The molecule has 0 amide bonds. The second-order valence-electron chi connectivity index (χ2n) is 5.28. The maximum atomic E-state index is 5.46. The Labute approximate surface area is 126 Å². The average Bonchev–Trinajstić information content (AvgIpc) is 2.93. The van der Waals surface area contributed by atoms with Crippen molar-refractivity contribution in [3.05, 3.63) is 47.3 Å². The van der Waals surface area contributed by atoms with Crippen LogP contribution in [0.15, 0.2) is 30.5 Å². The van der Waals surface area contributed by atoms with Crippen LogP contribution in [0, 0.1) is 6.92 Å². The Hall–Kier alpha value is -1.81. The molecule has 1 aromatic carbocycles. The monoisotopic (exact) mass is 287 g/mol. The first-order valence-corrected chi connectivity index (χ1v) is 7.61. The van der Waals surface area contributed by atoms with Crippen LogP contribution < -0.4 is 10.1 Å². The van der Waals surface area contributed by atoms with Gasteiger partial charge >= 0.3 is 0 Å². The lowest BCUT2D eigenvalue weighted by molar-refractivity contribution is 0.396. The van der Waals surface area contributed by atoms with E-state index < -0.39 is 0 Å². The Morgan fingerprint density at radius 2 is 2.14 bits per heavy atom. The number of nitrogens with zero attached hydrogens (tertiary/aromatic N) is 1. The molecule has 0 spiro atoms. The van der Waals surface area contributed by atoms with Gasteiger partial charge in [-0.1, -0.05) is 25.1 Å². The van der Waals surface area contributed by atoms with Crippen molar-refractivity contribution in [1.82, 2.24) is 15.5 Å². The molecule has 0 saturated carbocycles. The van der Waals surface area contributed by atoms with Crippen LogP contribution in [0.2, 0.25) is 0 Å². The lowest BCUT2D eigenvalue weighted by Gasteiger charge is -2.20. The van der Waals surface area contributed by atoms with Crippen molar-refractivity contribution < 1.29 is 4.74 Å². The van der Waals surface area contributed by atoms with E-state index in [9.17, 15) is 0 Å². The maximum absolute atomic E-state index is 5.46. The molecule has 2 N–H and O–H groups in total. The molecule has 0 aliphatic rings. The average molecular weight is 287 g/mol. The minimum atomic E-state index is 0.339. The number of hydrogen-bond donors (Lipinski definition) is 2. The molecule has 114 valence electrons. The summed E-state index contributed by atoms with van der Waals surface area (Å²) in [7, 11) is 1.73. The van der Waals surface area contributed by atoms with Gasteiger partial charge in [-0.15, -0.1) is 0 Å². The van der Waals surface area contributed by atoms with Crippen LogP contribution in [0.5, 0.6) is 5.75 Å². The fourth-order valence-electron chi connectivity index (χ4n) is 2.61. The predicted molar refractivity (Wildman–Crippen MR) is 85.7 cm³/mol. The zero-order valence-corrected chi connectivity index (χ0v) is 13.1. The van der Waals surface area contributed by atoms with Crippen LogP contribution in [-0.2, 0) is 6.42 Å². The number of aromatic nitrogens is 2. The molecule has 0 saturated heterocycles. The minimum Gasteiger partial charge on any atom is -0.496 e. The molecule has 0 aliphatic heterocycles. The van der Waals surface area contributed by atoms with Gasteiger partial charge in [-0.3, -0.25) is 5.10 Å². The van der Waals surface area contributed by atoms with E-state index >= 15 is 0 Å². The summed E-state index contributed by atoms with van der Waals surface area (Å²) in [6, 6.07) is 8.58. The van der Waals surface area contributed by atoms with Gasteiger partial charge in [-0.05, 0) is 44.4 Å². The summed E-state index contributed by atoms with van der Waals surface area (Å²) < 4.78 is 5.46. The highest BCUT2D eigenvalue weighted by Crippen LogP contribution is 2.26. The van der Waals surface area contributed by atoms with Crippen LogP contribution in [0.3, 0.4) is 0 Å². The van der Waals surface area contributed by atoms with E-state index in [2.05, 4.69) is 41.5 Å². The topological polar surface area (TPSA) is 49.9 Å². The number of aromatic amines is 1. The Morgan fingerprint density at radius 3 is 2.81 bits per heavy atom. The molecular formula is C17H25N3O. The summed E-state index contributed by atoms with van der Waals surface area (Å²) in [5.41, 5.74) is 3.72. The third-order valence-corrected chi connectivity index (χ3v) is 3.87. The molecule has 1 heterocycles. The lowest BCUT2D eigenvalue weighted by atomic mass is 10.0. The number of methoxy groups -OCH3 is 1. The SMILES string of the molecule is CCC(NCCCc1cn[nH]c1C)c1ccccc1OC. The number of ether oxygens (including phenoxy) is 1. The maximum Gasteiger partial charge on any atom is 0.123 e. The second-order valence-corrected chi connectivity index (χ2v) is 5.28. The fraction of sp³-hybridized carbons (Fsp3) is 0.471. The molecule has 21 heavy (non-hydrogen) atoms. The van der Waals surface area contributed by atoms with Crippen molar-refractivity contribution in [3.8, 4) is 5.75 Å². The Morgan fingerprint density at radius 1 is 1.33 bits per heavy atom. The molecule has 0 radical (unpaired) electrons. The third-order valence-electron chi connectivity index (χ3n) is 3.87. The summed E-state index contributed by atoms with van der Waals surface area (Å²) >= 11 is 0. The van der Waals surface area contributed by atoms with Crippen molar-refractivity contribution in [2.24, 2.45) is 0 Å². The van der Waals surface area contributed by atoms with E-state index in [4.69, 9.17) is 4.74 Å². The fourth-order valence-corrected chi connectivity index (χ4v) is 2.61. The van der Waals surface area contributed by atoms with E-state index in [1.807, 2.05) is 18.3 Å². The summed E-state index contributed by atoms with van der Waals surface area (Å²) in [5.74, 6) is 0.961. The number of para-hydroxylation sites is 1. The number of hydrogen-bond acceptors (Lipinski definition) is 3. The van der Waals surface area contributed by atoms with E-state index in [0.29, 0.717) is 6.04 Å². The van der Waals surface area contributed by atoms with Crippen molar-refractivity contribution >= 4 is 0 Å². The van der Waals surface area contributed by atoms with E-state index in [1.54, 1.807) is 7.11 Å². The van der Waals surface area contributed by atoms with Gasteiger partial charge in [0.15, 0.2) is 0 Å². The van der Waals surface area contributed by atoms with Crippen molar-refractivity contribution in [3.63, 3.8) is 0 Å². The van der Waals surface area contributed by atoms with Gasteiger partial charge in [0.1, 0.15) is 5.75 Å². The van der Waals surface area contributed by atoms with E-state index in [-0.39, 0.29) is 0 Å². The van der Waals surface area contributed by atoms with Crippen LogP contribution in [0.25, 0.3) is 0 Å². The second kappa shape index (κ2) is 7.84. The summed E-state index contributed by atoms with van der Waals surface area (Å²) in [6.45, 7) is 5.25. The standard InChI is InChI=1S/C17H25N3O/c1-4-16(15-9-5-6-10-17(15)21-3)18-11-7-8-14-12-19-20-13(14)2/h5-6,9-10,12,16,18H,4,7-8,11H2,1-3H3,(H,19,20). The van der Waals surface area contributed by atoms with Crippen molar-refractivity contribution in [2.45, 2.75) is 39.2 Å². The highest BCUT2D eigenvalue weighted by molar-refractivity contribution is 5.35. The molecule has 2 rings (SSSR count). The molecule has 4 heteroatoms. The lowest BCUT2D eigenvalue weighted by Crippen LogP contribution is -2.22. The molecule has 0 aliphatic carbocycles. The molecule has 1 atom stereocenters. The van der Waals surface area contributed by atoms with Gasteiger partial charge in [0.05, 0.1) is 13.3 Å². The van der Waals surface area contributed by atoms with Gasteiger partial charge < -0.3 is 10.1 Å². The van der Waals surface area contributed by atoms with Gasteiger partial charge in [0.25, 0.3) is 0 Å². The molecule has 2 aromatic rings. The molecule has 1 unspecified atom stereocenters. The van der Waals surface area contributed by atoms with Crippen molar-refractivity contribution in [2.75, 3.05) is 13.7 Å². The summed E-state index contributed by atoms with van der Waals surface area (Å²) in [5, 5.41) is 10.7. The van der Waals surface area contributed by atoms with Gasteiger partial charge in [0.2, 0.25) is 0 Å². The first-order valence-electron chi connectivity index (χ1n) is 7.61. The highest BCUT2D eigenvalue weighted by atomic mass is 16.5. The van der Waals surface area contributed by atoms with Crippen LogP contribution in [0.1, 0.15) is 42.6 Å². The van der Waals surface area contributed by atoms with Crippen LogP contribution in [0.4, 0.5) is 0 Å². The zero-order valence-electron chi connectivity index (χ0n) is 13.1. The number of benzene rings is 1. The largest absolute Gasteiger partial charge is 0.496 e. The van der Waals surface area contributed by atoms with Crippen molar-refractivity contribution in [1.29, 1.82) is 0 Å².